The highest BCUT2D eigenvalue weighted by atomic mass is 35.5. The summed E-state index contributed by atoms with van der Waals surface area (Å²) in [5.74, 6) is 0. The van der Waals surface area contributed by atoms with Crippen LogP contribution in [-0.4, -0.2) is 14.2 Å². The van der Waals surface area contributed by atoms with E-state index in [4.69, 9.17) is 23.2 Å². The summed E-state index contributed by atoms with van der Waals surface area (Å²) < 4.78 is 3.21. The monoisotopic (exact) mass is 369 g/mol. The molecule has 2 heterocycles. The molecule has 0 saturated carbocycles. The maximum Gasteiger partial charge on any atom is 0.273 e. The van der Waals surface area contributed by atoms with Gasteiger partial charge >= 0.3 is 0 Å². The van der Waals surface area contributed by atoms with Gasteiger partial charge in [-0.25, -0.2) is 9.67 Å². The molecule has 4 nitrogen and oxygen atoms in total. The molecule has 0 fully saturated rings. The second kappa shape index (κ2) is 6.06. The Balaban J connectivity index is 2.20. The molecule has 0 N–H and O–H groups in total. The number of para-hydroxylation sites is 1. The van der Waals surface area contributed by atoms with Gasteiger partial charge in [0.15, 0.2) is 5.65 Å². The van der Waals surface area contributed by atoms with Gasteiger partial charge in [0, 0.05) is 23.4 Å². The van der Waals surface area contributed by atoms with Crippen LogP contribution >= 0.6 is 23.2 Å². The van der Waals surface area contributed by atoms with Crippen molar-refractivity contribution in [1.82, 2.24) is 14.2 Å². The third-order valence-electron chi connectivity index (χ3n) is 3.96. The molecule has 0 aliphatic carbocycles. The first-order valence-corrected chi connectivity index (χ1v) is 8.44. The molecule has 6 heteroatoms. The van der Waals surface area contributed by atoms with Crippen molar-refractivity contribution >= 4 is 28.8 Å². The third-order valence-corrected chi connectivity index (χ3v) is 4.57. The number of nitrogens with zero attached hydrogens (tertiary/aromatic N) is 3. The van der Waals surface area contributed by atoms with Gasteiger partial charge in [-0.3, -0.25) is 4.79 Å². The fourth-order valence-corrected chi connectivity index (χ4v) is 3.48. The summed E-state index contributed by atoms with van der Waals surface area (Å²) in [5, 5.41) is 0.907. The lowest BCUT2D eigenvalue weighted by Crippen LogP contribution is -2.21. The molecule has 0 radical (unpaired) electrons. The molecule has 2 aromatic carbocycles. The first-order chi connectivity index (χ1) is 12.1. The number of fused-ring (bicyclic) bond motifs is 1. The van der Waals surface area contributed by atoms with E-state index in [0.29, 0.717) is 27.1 Å². The smallest absolute Gasteiger partial charge is 0.267 e. The number of aromatic nitrogens is 3. The quantitative estimate of drug-likeness (QED) is 0.510. The molecule has 0 saturated heterocycles. The Morgan fingerprint density at radius 3 is 2.28 bits per heavy atom. The molecule has 4 rings (SSSR count). The lowest BCUT2D eigenvalue weighted by atomic mass is 10.1. The zero-order valence-corrected chi connectivity index (χ0v) is 14.8. The van der Waals surface area contributed by atoms with Crippen molar-refractivity contribution in [3.63, 3.8) is 0 Å². The van der Waals surface area contributed by atoms with Gasteiger partial charge in [0.25, 0.3) is 5.56 Å². The number of benzene rings is 2. The van der Waals surface area contributed by atoms with E-state index < -0.39 is 0 Å². The molecule has 4 aromatic rings. The van der Waals surface area contributed by atoms with Gasteiger partial charge in [0.05, 0.1) is 15.7 Å². The van der Waals surface area contributed by atoms with Crippen LogP contribution in [0.1, 0.15) is 5.69 Å². The van der Waals surface area contributed by atoms with Crippen LogP contribution in [0.15, 0.2) is 65.5 Å². The molecule has 0 atom stereocenters. The van der Waals surface area contributed by atoms with Crippen molar-refractivity contribution < 1.29 is 0 Å². The van der Waals surface area contributed by atoms with Crippen molar-refractivity contribution in [2.75, 3.05) is 0 Å². The molecule has 0 aliphatic rings. The molecule has 2 aromatic heterocycles. The van der Waals surface area contributed by atoms with Crippen LogP contribution in [0.5, 0.6) is 0 Å². The second-order valence-electron chi connectivity index (χ2n) is 5.68. The van der Waals surface area contributed by atoms with Gasteiger partial charge in [-0.05, 0) is 19.1 Å². The molecule has 25 heavy (non-hydrogen) atoms. The lowest BCUT2D eigenvalue weighted by molar-refractivity contribution is 0.767. The van der Waals surface area contributed by atoms with E-state index in [1.807, 2.05) is 36.4 Å². The Hall–Kier alpha value is -2.56. The van der Waals surface area contributed by atoms with Crippen LogP contribution in [-0.2, 0) is 0 Å². The Morgan fingerprint density at radius 1 is 0.920 bits per heavy atom. The minimum Gasteiger partial charge on any atom is -0.267 e. The van der Waals surface area contributed by atoms with Gasteiger partial charge in [0.1, 0.15) is 5.69 Å². The average molecular weight is 370 g/mol. The second-order valence-corrected chi connectivity index (χ2v) is 6.50. The van der Waals surface area contributed by atoms with E-state index in [1.54, 1.807) is 29.8 Å². The molecular formula is C19H13Cl2N3O. The van der Waals surface area contributed by atoms with Crippen LogP contribution in [0.4, 0.5) is 0 Å². The average Bonchev–Trinajstić information content (AvgIpc) is 2.95. The van der Waals surface area contributed by atoms with E-state index in [9.17, 15) is 4.79 Å². The molecule has 124 valence electrons. The van der Waals surface area contributed by atoms with Crippen LogP contribution in [0.25, 0.3) is 22.6 Å². The van der Waals surface area contributed by atoms with Crippen molar-refractivity contribution in [2.24, 2.45) is 0 Å². The van der Waals surface area contributed by atoms with Crippen LogP contribution in [0.2, 0.25) is 10.0 Å². The van der Waals surface area contributed by atoms with Crippen molar-refractivity contribution in [2.45, 2.75) is 6.92 Å². The molecule has 0 unspecified atom stereocenters. The molecule has 0 spiro atoms. The molecular weight excluding hydrogens is 357 g/mol. The first-order valence-electron chi connectivity index (χ1n) is 7.68. The zero-order valence-electron chi connectivity index (χ0n) is 13.3. The number of aryl methyl sites for hydroxylation is 1. The summed E-state index contributed by atoms with van der Waals surface area (Å²) in [6.45, 7) is 1.80. The Bertz CT molecular complexity index is 1130. The number of hydrogen-bond donors (Lipinski definition) is 0. The van der Waals surface area contributed by atoms with E-state index in [0.717, 1.165) is 11.3 Å². The molecule has 0 bridgehead atoms. The number of halogens is 2. The van der Waals surface area contributed by atoms with Crippen LogP contribution in [0.3, 0.4) is 0 Å². The fourth-order valence-electron chi connectivity index (χ4n) is 2.92. The van der Waals surface area contributed by atoms with E-state index in [2.05, 4.69) is 4.98 Å². The predicted molar refractivity (Wildman–Crippen MR) is 101 cm³/mol. The highest BCUT2D eigenvalue weighted by Crippen LogP contribution is 2.33. The SMILES string of the molecule is Cc1cc(=O)n2c(cc(-c3ccccc3)n2-c2c(Cl)cccc2Cl)n1. The van der Waals surface area contributed by atoms with Gasteiger partial charge in [-0.2, -0.15) is 4.52 Å². The van der Waals surface area contributed by atoms with Gasteiger partial charge in [-0.15, -0.1) is 0 Å². The summed E-state index contributed by atoms with van der Waals surface area (Å²) in [5.41, 5.74) is 3.27. The topological polar surface area (TPSA) is 39.3 Å². The zero-order chi connectivity index (χ0) is 17.6. The summed E-state index contributed by atoms with van der Waals surface area (Å²) in [6, 6.07) is 18.4. The van der Waals surface area contributed by atoms with Crippen molar-refractivity contribution in [3.05, 3.63) is 86.8 Å². The normalized spacial score (nSPS) is 11.2. The largest absolute Gasteiger partial charge is 0.273 e. The van der Waals surface area contributed by atoms with Gasteiger partial charge in [0.2, 0.25) is 0 Å². The van der Waals surface area contributed by atoms with E-state index in [1.165, 1.54) is 10.6 Å². The minimum atomic E-state index is -0.194. The maximum absolute atomic E-state index is 12.7. The maximum atomic E-state index is 12.7. The Kier molecular flexibility index (Phi) is 3.86. The number of hydrogen-bond acceptors (Lipinski definition) is 2. The highest BCUT2D eigenvalue weighted by Gasteiger charge is 2.19. The van der Waals surface area contributed by atoms with Crippen LogP contribution < -0.4 is 5.56 Å². The summed E-state index contributed by atoms with van der Waals surface area (Å²) >= 11 is 12.8. The van der Waals surface area contributed by atoms with Gasteiger partial charge < -0.3 is 0 Å². The first kappa shape index (κ1) is 15.9. The van der Waals surface area contributed by atoms with Crippen molar-refractivity contribution in [3.8, 4) is 16.9 Å². The fraction of sp³-hybridized carbons (Fsp3) is 0.0526. The Morgan fingerprint density at radius 2 is 1.60 bits per heavy atom. The predicted octanol–water partition coefficient (Wildman–Crippen LogP) is 4.77. The lowest BCUT2D eigenvalue weighted by Gasteiger charge is -2.14. The third kappa shape index (κ3) is 2.64. The standard InChI is InChI=1S/C19H13Cl2N3O/c1-12-10-18(25)24-17(22-12)11-16(13-6-3-2-4-7-13)23(24)19-14(20)8-5-9-15(19)21/h2-11H,1H3. The van der Waals surface area contributed by atoms with E-state index >= 15 is 0 Å². The summed E-state index contributed by atoms with van der Waals surface area (Å²) in [7, 11) is 0. The highest BCUT2D eigenvalue weighted by molar-refractivity contribution is 6.37. The van der Waals surface area contributed by atoms with Crippen LogP contribution in [0, 0.1) is 6.92 Å². The molecule has 0 aliphatic heterocycles. The minimum absolute atomic E-state index is 0.194. The van der Waals surface area contributed by atoms with Gasteiger partial charge in [-0.1, -0.05) is 59.6 Å². The van der Waals surface area contributed by atoms with Crippen molar-refractivity contribution in [1.29, 1.82) is 0 Å². The Labute approximate surface area is 153 Å². The summed E-state index contributed by atoms with van der Waals surface area (Å²) in [4.78, 5) is 17.2. The summed E-state index contributed by atoms with van der Waals surface area (Å²) in [6.07, 6.45) is 0. The molecule has 0 amide bonds. The van der Waals surface area contributed by atoms with E-state index in [-0.39, 0.29) is 5.56 Å². The number of rotatable bonds is 2.